The first-order valence-corrected chi connectivity index (χ1v) is 5.06. The summed E-state index contributed by atoms with van der Waals surface area (Å²) in [6, 6.07) is 6.35. The van der Waals surface area contributed by atoms with Crippen LogP contribution in [0, 0.1) is 0 Å². The van der Waals surface area contributed by atoms with Crippen LogP contribution in [0.1, 0.15) is 12.0 Å². The zero-order valence-corrected chi connectivity index (χ0v) is 8.22. The van der Waals surface area contributed by atoms with Gasteiger partial charge in [0.25, 0.3) is 0 Å². The van der Waals surface area contributed by atoms with Crippen molar-refractivity contribution in [3.63, 3.8) is 0 Å². The lowest BCUT2D eigenvalue weighted by atomic mass is 10.1. The smallest absolute Gasteiger partial charge is 0.0931 e. The Morgan fingerprint density at radius 1 is 1.38 bits per heavy atom. The number of hydrogen-bond acceptors (Lipinski definition) is 2. The molecule has 13 heavy (non-hydrogen) atoms. The third-order valence-electron chi connectivity index (χ3n) is 2.11. The molecule has 0 fully saturated rings. The topological polar surface area (TPSA) is 28.7 Å². The van der Waals surface area contributed by atoms with Gasteiger partial charge in [-0.1, -0.05) is 6.07 Å². The lowest BCUT2D eigenvalue weighted by molar-refractivity contribution is 0.938. The zero-order chi connectivity index (χ0) is 9.10. The van der Waals surface area contributed by atoms with Crippen LogP contribution in [0.2, 0.25) is 0 Å². The van der Waals surface area contributed by atoms with E-state index in [1.807, 2.05) is 0 Å². The normalized spacial score (nSPS) is 10.8. The van der Waals surface area contributed by atoms with Crippen molar-refractivity contribution in [2.45, 2.75) is 12.8 Å². The van der Waals surface area contributed by atoms with E-state index in [1.165, 1.54) is 5.56 Å². The van der Waals surface area contributed by atoms with Crippen molar-refractivity contribution >= 4 is 23.7 Å². The van der Waals surface area contributed by atoms with Gasteiger partial charge < -0.3 is 4.98 Å². The SMILES string of the molecule is SCCCc1ccc2nc[nH]c2c1. The van der Waals surface area contributed by atoms with Crippen LogP contribution in [0.5, 0.6) is 0 Å². The quantitative estimate of drug-likeness (QED) is 0.718. The molecule has 2 nitrogen and oxygen atoms in total. The molecule has 0 saturated heterocycles. The molecule has 0 spiro atoms. The van der Waals surface area contributed by atoms with E-state index in [9.17, 15) is 0 Å². The monoisotopic (exact) mass is 192 g/mol. The lowest BCUT2D eigenvalue weighted by Crippen LogP contribution is -1.85. The number of rotatable bonds is 3. The second-order valence-electron chi connectivity index (χ2n) is 3.08. The number of nitrogens with one attached hydrogen (secondary N) is 1. The summed E-state index contributed by atoms with van der Waals surface area (Å²) in [5, 5.41) is 0. The Bertz CT molecular complexity index is 394. The number of hydrogen-bond donors (Lipinski definition) is 2. The van der Waals surface area contributed by atoms with Gasteiger partial charge in [0.2, 0.25) is 0 Å². The first-order valence-electron chi connectivity index (χ1n) is 4.43. The molecule has 0 amide bonds. The van der Waals surface area contributed by atoms with E-state index in [0.29, 0.717) is 0 Å². The molecule has 0 aliphatic heterocycles. The maximum atomic E-state index is 4.19. The van der Waals surface area contributed by atoms with Crippen molar-refractivity contribution in [3.8, 4) is 0 Å². The predicted octanol–water partition coefficient (Wildman–Crippen LogP) is 2.43. The third kappa shape index (κ3) is 1.86. The van der Waals surface area contributed by atoms with Crippen LogP contribution in [-0.4, -0.2) is 15.7 Å². The molecule has 1 N–H and O–H groups in total. The van der Waals surface area contributed by atoms with Crippen LogP contribution in [0.3, 0.4) is 0 Å². The number of nitrogens with zero attached hydrogens (tertiary/aromatic N) is 1. The average Bonchev–Trinajstić information content (AvgIpc) is 2.61. The Morgan fingerprint density at radius 3 is 3.15 bits per heavy atom. The first kappa shape index (κ1) is 8.63. The van der Waals surface area contributed by atoms with Crippen LogP contribution in [0.25, 0.3) is 11.0 Å². The molecule has 0 atom stereocenters. The van der Waals surface area contributed by atoms with E-state index < -0.39 is 0 Å². The molecule has 3 heteroatoms. The molecule has 0 unspecified atom stereocenters. The van der Waals surface area contributed by atoms with Crippen LogP contribution in [0.4, 0.5) is 0 Å². The number of fused-ring (bicyclic) bond motifs is 1. The van der Waals surface area contributed by atoms with Crippen molar-refractivity contribution < 1.29 is 0 Å². The van der Waals surface area contributed by atoms with E-state index in [2.05, 4.69) is 40.8 Å². The second-order valence-corrected chi connectivity index (χ2v) is 3.53. The number of imidazole rings is 1. The molecule has 0 aliphatic carbocycles. The van der Waals surface area contributed by atoms with E-state index in [-0.39, 0.29) is 0 Å². The van der Waals surface area contributed by atoms with Crippen molar-refractivity contribution in [2.75, 3.05) is 5.75 Å². The van der Waals surface area contributed by atoms with Crippen LogP contribution < -0.4 is 0 Å². The highest BCUT2D eigenvalue weighted by Crippen LogP contribution is 2.12. The van der Waals surface area contributed by atoms with Gasteiger partial charge in [-0.25, -0.2) is 4.98 Å². The number of thiol groups is 1. The lowest BCUT2D eigenvalue weighted by Gasteiger charge is -1.98. The molecule has 2 aromatic rings. The summed E-state index contributed by atoms with van der Waals surface area (Å²) in [7, 11) is 0. The minimum atomic E-state index is 0.945. The molecule has 0 bridgehead atoms. The maximum Gasteiger partial charge on any atom is 0.0931 e. The first-order chi connectivity index (χ1) is 6.40. The number of aryl methyl sites for hydroxylation is 1. The van der Waals surface area contributed by atoms with Crippen LogP contribution >= 0.6 is 12.6 Å². The van der Waals surface area contributed by atoms with Crippen molar-refractivity contribution in [1.29, 1.82) is 0 Å². The van der Waals surface area contributed by atoms with E-state index in [0.717, 1.165) is 29.6 Å². The summed E-state index contributed by atoms with van der Waals surface area (Å²) in [6.07, 6.45) is 3.95. The number of aromatic amines is 1. The van der Waals surface area contributed by atoms with Crippen molar-refractivity contribution in [2.24, 2.45) is 0 Å². The van der Waals surface area contributed by atoms with Crippen LogP contribution in [-0.2, 0) is 6.42 Å². The Balaban J connectivity index is 2.26. The maximum absolute atomic E-state index is 4.19. The van der Waals surface area contributed by atoms with E-state index in [1.54, 1.807) is 6.33 Å². The molecule has 1 heterocycles. The summed E-state index contributed by atoms with van der Waals surface area (Å²) in [6.45, 7) is 0. The van der Waals surface area contributed by atoms with E-state index >= 15 is 0 Å². The van der Waals surface area contributed by atoms with Gasteiger partial charge in [-0.3, -0.25) is 0 Å². The minimum Gasteiger partial charge on any atom is -0.345 e. The second kappa shape index (κ2) is 3.83. The van der Waals surface area contributed by atoms with Gasteiger partial charge in [-0.05, 0) is 36.3 Å². The predicted molar refractivity (Wildman–Crippen MR) is 58.3 cm³/mol. The van der Waals surface area contributed by atoms with Gasteiger partial charge in [0, 0.05) is 0 Å². The Kier molecular flexibility index (Phi) is 2.54. The van der Waals surface area contributed by atoms with Gasteiger partial charge in [-0.15, -0.1) is 0 Å². The number of aromatic nitrogens is 2. The third-order valence-corrected chi connectivity index (χ3v) is 2.42. The highest BCUT2D eigenvalue weighted by atomic mass is 32.1. The molecule has 2 rings (SSSR count). The molecule has 0 radical (unpaired) electrons. The van der Waals surface area contributed by atoms with Crippen LogP contribution in [0.15, 0.2) is 24.5 Å². The largest absolute Gasteiger partial charge is 0.345 e. The summed E-state index contributed by atoms with van der Waals surface area (Å²) in [5.74, 6) is 0.945. The fourth-order valence-corrected chi connectivity index (χ4v) is 1.58. The van der Waals surface area contributed by atoms with Crippen molar-refractivity contribution in [3.05, 3.63) is 30.1 Å². The summed E-state index contributed by atoms with van der Waals surface area (Å²) in [5.41, 5.74) is 3.51. The van der Waals surface area contributed by atoms with Crippen molar-refractivity contribution in [1.82, 2.24) is 9.97 Å². The molecule has 1 aromatic heterocycles. The Morgan fingerprint density at radius 2 is 2.31 bits per heavy atom. The fourth-order valence-electron chi connectivity index (χ4n) is 1.42. The zero-order valence-electron chi connectivity index (χ0n) is 7.33. The summed E-state index contributed by atoms with van der Waals surface area (Å²) < 4.78 is 0. The summed E-state index contributed by atoms with van der Waals surface area (Å²) >= 11 is 4.19. The number of benzene rings is 1. The fraction of sp³-hybridized carbons (Fsp3) is 0.300. The highest BCUT2D eigenvalue weighted by molar-refractivity contribution is 7.80. The minimum absolute atomic E-state index is 0.945. The van der Waals surface area contributed by atoms with Gasteiger partial charge in [0.05, 0.1) is 17.4 Å². The molecule has 0 aliphatic rings. The standard InChI is InChI=1S/C10H12N2S/c13-5-1-2-8-3-4-9-10(6-8)12-7-11-9/h3-4,6-7,13H,1-2,5H2,(H,11,12). The average molecular weight is 192 g/mol. The molecule has 1 aromatic carbocycles. The Labute approximate surface area is 82.8 Å². The van der Waals surface area contributed by atoms with E-state index in [4.69, 9.17) is 0 Å². The Hall–Kier alpha value is -0.960. The summed E-state index contributed by atoms with van der Waals surface area (Å²) in [4.78, 5) is 7.28. The molecule has 0 saturated carbocycles. The number of H-pyrrole nitrogens is 1. The van der Waals surface area contributed by atoms with Gasteiger partial charge >= 0.3 is 0 Å². The highest BCUT2D eigenvalue weighted by Gasteiger charge is 1.97. The van der Waals surface area contributed by atoms with Gasteiger partial charge in [-0.2, -0.15) is 12.6 Å². The van der Waals surface area contributed by atoms with Gasteiger partial charge in [0.15, 0.2) is 0 Å². The molecule has 68 valence electrons. The van der Waals surface area contributed by atoms with Gasteiger partial charge in [0.1, 0.15) is 0 Å². The molecular weight excluding hydrogens is 180 g/mol. The molecular formula is C10H12N2S.